The summed E-state index contributed by atoms with van der Waals surface area (Å²) in [7, 11) is 0. The zero-order valence-corrected chi connectivity index (χ0v) is 12.3. The van der Waals surface area contributed by atoms with E-state index in [4.69, 9.17) is 11.6 Å². The third kappa shape index (κ3) is 2.92. The summed E-state index contributed by atoms with van der Waals surface area (Å²) in [6.07, 6.45) is 1.19. The van der Waals surface area contributed by atoms with Crippen LogP contribution in [0.1, 0.15) is 16.9 Å². The van der Waals surface area contributed by atoms with Crippen LogP contribution >= 0.6 is 22.9 Å². The van der Waals surface area contributed by atoms with Gasteiger partial charge in [0.1, 0.15) is 0 Å². The van der Waals surface area contributed by atoms with E-state index in [1.54, 1.807) is 16.3 Å². The molecule has 0 aliphatic carbocycles. The van der Waals surface area contributed by atoms with E-state index in [-0.39, 0.29) is 5.91 Å². The lowest BCUT2D eigenvalue weighted by Crippen LogP contribution is -2.24. The number of thiophene rings is 1. The molecule has 5 heteroatoms. The molecule has 0 spiro atoms. The average Bonchev–Trinajstić information content (AvgIpc) is 3.09. The van der Waals surface area contributed by atoms with Crippen LogP contribution in [-0.2, 0) is 11.2 Å². The lowest BCUT2D eigenvalue weighted by Gasteiger charge is -2.10. The van der Waals surface area contributed by atoms with Gasteiger partial charge in [0.15, 0.2) is 0 Å². The molecule has 2 aromatic rings. The van der Waals surface area contributed by atoms with Crippen LogP contribution in [0.15, 0.2) is 46.9 Å². The maximum atomic E-state index is 12.2. The van der Waals surface area contributed by atoms with Crippen molar-refractivity contribution >= 4 is 34.6 Å². The van der Waals surface area contributed by atoms with Gasteiger partial charge in [-0.2, -0.15) is 5.10 Å². The maximum absolute atomic E-state index is 12.2. The first-order valence-corrected chi connectivity index (χ1v) is 7.64. The minimum Gasteiger partial charge on any atom is -0.273 e. The minimum absolute atomic E-state index is 0.0458. The Bertz CT molecular complexity index is 652. The fourth-order valence-corrected chi connectivity index (χ4v) is 3.05. The van der Waals surface area contributed by atoms with Crippen LogP contribution in [0.2, 0.25) is 5.02 Å². The molecule has 0 saturated carbocycles. The topological polar surface area (TPSA) is 32.7 Å². The van der Waals surface area contributed by atoms with Crippen molar-refractivity contribution in [3.05, 3.63) is 57.2 Å². The second-order valence-corrected chi connectivity index (χ2v) is 6.05. The second-order valence-electron chi connectivity index (χ2n) is 4.58. The molecule has 0 N–H and O–H groups in total. The predicted octanol–water partition coefficient (Wildman–Crippen LogP) is 3.58. The van der Waals surface area contributed by atoms with Gasteiger partial charge >= 0.3 is 0 Å². The first-order valence-electron chi connectivity index (χ1n) is 6.38. The van der Waals surface area contributed by atoms with E-state index < -0.39 is 0 Å². The Balaban J connectivity index is 1.73. The van der Waals surface area contributed by atoms with Crippen molar-refractivity contribution in [2.24, 2.45) is 5.10 Å². The zero-order valence-electron chi connectivity index (χ0n) is 10.8. The Kier molecular flexibility index (Phi) is 3.85. The molecular formula is C15H13ClN2OS. The van der Waals surface area contributed by atoms with Crippen LogP contribution in [0.25, 0.3) is 0 Å². The SMILES string of the molecule is O=C(Cc1cccs1)N1CCC(c2cccc(Cl)c2)=N1. The van der Waals surface area contributed by atoms with Gasteiger partial charge in [0.25, 0.3) is 0 Å². The number of hydrogen-bond acceptors (Lipinski definition) is 3. The Morgan fingerprint density at radius 2 is 2.25 bits per heavy atom. The molecule has 1 aromatic heterocycles. The fourth-order valence-electron chi connectivity index (χ4n) is 2.16. The van der Waals surface area contributed by atoms with E-state index in [2.05, 4.69) is 5.10 Å². The van der Waals surface area contributed by atoms with Crippen LogP contribution in [0.4, 0.5) is 0 Å². The highest BCUT2D eigenvalue weighted by Crippen LogP contribution is 2.19. The Labute approximate surface area is 126 Å². The predicted molar refractivity (Wildman–Crippen MR) is 82.3 cm³/mol. The number of hydrazone groups is 1. The van der Waals surface area contributed by atoms with Crippen molar-refractivity contribution in [1.82, 2.24) is 5.01 Å². The molecule has 102 valence electrons. The molecule has 0 atom stereocenters. The number of nitrogens with zero attached hydrogens (tertiary/aromatic N) is 2. The van der Waals surface area contributed by atoms with Gasteiger partial charge in [-0.05, 0) is 29.1 Å². The molecule has 0 bridgehead atoms. The van der Waals surface area contributed by atoms with Gasteiger partial charge in [-0.15, -0.1) is 11.3 Å². The van der Waals surface area contributed by atoms with Crippen LogP contribution < -0.4 is 0 Å². The molecule has 0 radical (unpaired) electrons. The van der Waals surface area contributed by atoms with Crippen molar-refractivity contribution in [3.8, 4) is 0 Å². The highest BCUT2D eigenvalue weighted by molar-refractivity contribution is 7.10. The van der Waals surface area contributed by atoms with Gasteiger partial charge < -0.3 is 0 Å². The minimum atomic E-state index is 0.0458. The first-order chi connectivity index (χ1) is 9.72. The van der Waals surface area contributed by atoms with Crippen LogP contribution in [0.5, 0.6) is 0 Å². The second kappa shape index (κ2) is 5.77. The van der Waals surface area contributed by atoms with Gasteiger partial charge in [0, 0.05) is 16.3 Å². The van der Waals surface area contributed by atoms with Crippen molar-refractivity contribution in [2.75, 3.05) is 6.54 Å². The number of carbonyl (C=O) groups excluding carboxylic acids is 1. The molecule has 1 aliphatic heterocycles. The number of hydrogen-bond donors (Lipinski definition) is 0. The fraction of sp³-hybridized carbons (Fsp3) is 0.200. The van der Waals surface area contributed by atoms with Crippen molar-refractivity contribution in [3.63, 3.8) is 0 Å². The Morgan fingerprint density at radius 1 is 1.35 bits per heavy atom. The van der Waals surface area contributed by atoms with Crippen LogP contribution in [-0.4, -0.2) is 23.2 Å². The third-order valence-corrected chi connectivity index (χ3v) is 4.26. The summed E-state index contributed by atoms with van der Waals surface area (Å²) >= 11 is 7.58. The van der Waals surface area contributed by atoms with E-state index in [9.17, 15) is 4.79 Å². The van der Waals surface area contributed by atoms with E-state index >= 15 is 0 Å². The molecule has 20 heavy (non-hydrogen) atoms. The van der Waals surface area contributed by atoms with E-state index in [1.807, 2.05) is 41.8 Å². The molecule has 2 heterocycles. The summed E-state index contributed by atoms with van der Waals surface area (Å²) in [6.45, 7) is 0.645. The molecule has 1 aromatic carbocycles. The van der Waals surface area contributed by atoms with Gasteiger partial charge in [-0.1, -0.05) is 29.8 Å². The summed E-state index contributed by atoms with van der Waals surface area (Å²) in [4.78, 5) is 13.2. The molecule has 1 aliphatic rings. The van der Waals surface area contributed by atoms with Crippen molar-refractivity contribution < 1.29 is 4.79 Å². The third-order valence-electron chi connectivity index (χ3n) is 3.15. The highest BCUT2D eigenvalue weighted by atomic mass is 35.5. The number of benzene rings is 1. The highest BCUT2D eigenvalue weighted by Gasteiger charge is 2.21. The first kappa shape index (κ1) is 13.3. The summed E-state index contributed by atoms with van der Waals surface area (Å²) < 4.78 is 0. The lowest BCUT2D eigenvalue weighted by molar-refractivity contribution is -0.129. The Hall–Kier alpha value is -1.65. The Morgan fingerprint density at radius 3 is 3.00 bits per heavy atom. The van der Waals surface area contributed by atoms with E-state index in [0.717, 1.165) is 22.6 Å². The quantitative estimate of drug-likeness (QED) is 0.853. The molecule has 3 rings (SSSR count). The molecule has 1 amide bonds. The smallest absolute Gasteiger partial charge is 0.247 e. The van der Waals surface area contributed by atoms with E-state index in [0.29, 0.717) is 18.0 Å². The monoisotopic (exact) mass is 304 g/mol. The largest absolute Gasteiger partial charge is 0.273 e. The number of amides is 1. The van der Waals surface area contributed by atoms with Gasteiger partial charge in [-0.3, -0.25) is 4.79 Å². The summed E-state index contributed by atoms with van der Waals surface area (Å²) in [5.41, 5.74) is 1.91. The maximum Gasteiger partial charge on any atom is 0.247 e. The summed E-state index contributed by atoms with van der Waals surface area (Å²) in [6, 6.07) is 11.5. The summed E-state index contributed by atoms with van der Waals surface area (Å²) in [5, 5.41) is 8.66. The molecule has 0 unspecified atom stereocenters. The lowest BCUT2D eigenvalue weighted by atomic mass is 10.1. The average molecular weight is 305 g/mol. The number of rotatable bonds is 3. The number of halogens is 1. The van der Waals surface area contributed by atoms with Crippen LogP contribution in [0.3, 0.4) is 0 Å². The van der Waals surface area contributed by atoms with Crippen molar-refractivity contribution in [2.45, 2.75) is 12.8 Å². The molecule has 0 fully saturated rings. The molecule has 3 nitrogen and oxygen atoms in total. The van der Waals surface area contributed by atoms with E-state index in [1.165, 1.54) is 0 Å². The number of carbonyl (C=O) groups is 1. The van der Waals surface area contributed by atoms with Gasteiger partial charge in [-0.25, -0.2) is 5.01 Å². The molecule has 0 saturated heterocycles. The standard InChI is InChI=1S/C15H13ClN2OS/c16-12-4-1-3-11(9-12)14-6-7-18(17-14)15(19)10-13-5-2-8-20-13/h1-5,8-9H,6-7,10H2. The van der Waals surface area contributed by atoms with Crippen LogP contribution in [0, 0.1) is 0 Å². The van der Waals surface area contributed by atoms with Gasteiger partial charge in [0.2, 0.25) is 5.91 Å². The van der Waals surface area contributed by atoms with Gasteiger partial charge in [0.05, 0.1) is 18.7 Å². The normalized spacial score (nSPS) is 14.4. The van der Waals surface area contributed by atoms with Crippen molar-refractivity contribution in [1.29, 1.82) is 0 Å². The zero-order chi connectivity index (χ0) is 13.9. The summed E-state index contributed by atoms with van der Waals surface area (Å²) in [5.74, 6) is 0.0458. The molecular weight excluding hydrogens is 292 g/mol.